The van der Waals surface area contributed by atoms with Gasteiger partial charge in [0.2, 0.25) is 0 Å². The summed E-state index contributed by atoms with van der Waals surface area (Å²) in [5, 5.41) is 0. The smallest absolute Gasteiger partial charge is 0.130 e. The van der Waals surface area contributed by atoms with Crippen LogP contribution in [0.15, 0.2) is 42.5 Å². The molecule has 0 saturated carbocycles. The molecule has 0 saturated heterocycles. The van der Waals surface area contributed by atoms with E-state index in [9.17, 15) is 4.39 Å². The van der Waals surface area contributed by atoms with Crippen LogP contribution in [0.2, 0.25) is 0 Å². The SMILES string of the molecule is COc1ccc(Oc2cc(F)cc(CCN)c2)cc1. The lowest BCUT2D eigenvalue weighted by Crippen LogP contribution is -2.03. The lowest BCUT2D eigenvalue weighted by atomic mass is 10.1. The van der Waals surface area contributed by atoms with Gasteiger partial charge in [-0.05, 0) is 54.9 Å². The quantitative estimate of drug-likeness (QED) is 0.899. The number of benzene rings is 2. The first kappa shape index (κ1) is 13.4. The minimum absolute atomic E-state index is 0.325. The summed E-state index contributed by atoms with van der Waals surface area (Å²) in [6.07, 6.45) is 0.622. The van der Waals surface area contributed by atoms with Crippen molar-refractivity contribution in [2.24, 2.45) is 5.73 Å². The van der Waals surface area contributed by atoms with Crippen molar-refractivity contribution in [1.29, 1.82) is 0 Å². The number of rotatable bonds is 5. The third kappa shape index (κ3) is 3.69. The molecule has 0 aromatic heterocycles. The van der Waals surface area contributed by atoms with Crippen molar-refractivity contribution >= 4 is 0 Å². The van der Waals surface area contributed by atoms with Gasteiger partial charge in [-0.25, -0.2) is 4.39 Å². The normalized spacial score (nSPS) is 10.3. The van der Waals surface area contributed by atoms with Crippen LogP contribution >= 0.6 is 0 Å². The predicted octanol–water partition coefficient (Wildman–Crippen LogP) is 3.13. The zero-order valence-corrected chi connectivity index (χ0v) is 10.7. The van der Waals surface area contributed by atoms with E-state index in [1.165, 1.54) is 12.1 Å². The van der Waals surface area contributed by atoms with Gasteiger partial charge in [-0.2, -0.15) is 0 Å². The Morgan fingerprint density at radius 3 is 2.32 bits per heavy atom. The molecular formula is C15H16FNO2. The number of ether oxygens (including phenoxy) is 2. The number of hydrogen-bond acceptors (Lipinski definition) is 3. The Labute approximate surface area is 111 Å². The second-order valence-electron chi connectivity index (χ2n) is 4.11. The molecule has 100 valence electrons. The van der Waals surface area contributed by atoms with Gasteiger partial charge in [-0.1, -0.05) is 0 Å². The Balaban J connectivity index is 2.17. The zero-order chi connectivity index (χ0) is 13.7. The average Bonchev–Trinajstić information content (AvgIpc) is 2.39. The van der Waals surface area contributed by atoms with Crippen molar-refractivity contribution in [3.05, 3.63) is 53.8 Å². The fourth-order valence-corrected chi connectivity index (χ4v) is 1.77. The molecule has 0 bridgehead atoms. The van der Waals surface area contributed by atoms with E-state index in [0.29, 0.717) is 24.5 Å². The molecule has 0 aliphatic rings. The number of hydrogen-bond donors (Lipinski definition) is 1. The summed E-state index contributed by atoms with van der Waals surface area (Å²) in [6.45, 7) is 0.478. The maximum Gasteiger partial charge on any atom is 0.130 e. The average molecular weight is 261 g/mol. The molecule has 0 aliphatic carbocycles. The molecule has 2 aromatic carbocycles. The maximum absolute atomic E-state index is 13.4. The summed E-state index contributed by atoms with van der Waals surface area (Å²) in [7, 11) is 1.60. The first-order valence-electron chi connectivity index (χ1n) is 6.02. The highest BCUT2D eigenvalue weighted by Crippen LogP contribution is 2.25. The van der Waals surface area contributed by atoms with Gasteiger partial charge in [0.1, 0.15) is 23.1 Å². The van der Waals surface area contributed by atoms with Crippen LogP contribution in [0.4, 0.5) is 4.39 Å². The van der Waals surface area contributed by atoms with E-state index < -0.39 is 0 Å². The van der Waals surface area contributed by atoms with E-state index >= 15 is 0 Å². The van der Waals surface area contributed by atoms with E-state index in [1.807, 2.05) is 0 Å². The molecule has 4 heteroatoms. The van der Waals surface area contributed by atoms with Crippen LogP contribution in [-0.2, 0) is 6.42 Å². The van der Waals surface area contributed by atoms with Crippen LogP contribution in [0, 0.1) is 5.82 Å². The molecule has 0 spiro atoms. The van der Waals surface area contributed by atoms with Crippen molar-refractivity contribution < 1.29 is 13.9 Å². The third-order valence-electron chi connectivity index (χ3n) is 2.66. The zero-order valence-electron chi connectivity index (χ0n) is 10.7. The lowest BCUT2D eigenvalue weighted by molar-refractivity contribution is 0.412. The molecule has 0 aliphatic heterocycles. The summed E-state index contributed by atoms with van der Waals surface area (Å²) >= 11 is 0. The van der Waals surface area contributed by atoms with Crippen LogP contribution in [0.5, 0.6) is 17.2 Å². The predicted molar refractivity (Wildman–Crippen MR) is 72.2 cm³/mol. The molecule has 0 radical (unpaired) electrons. The molecule has 0 fully saturated rings. The van der Waals surface area contributed by atoms with E-state index in [0.717, 1.165) is 11.3 Å². The summed E-state index contributed by atoms with van der Waals surface area (Å²) in [5.41, 5.74) is 6.29. The van der Waals surface area contributed by atoms with Gasteiger partial charge in [0.15, 0.2) is 0 Å². The number of nitrogens with two attached hydrogens (primary N) is 1. The molecule has 2 N–H and O–H groups in total. The Morgan fingerprint density at radius 2 is 1.68 bits per heavy atom. The minimum Gasteiger partial charge on any atom is -0.497 e. The van der Waals surface area contributed by atoms with Gasteiger partial charge in [-0.15, -0.1) is 0 Å². The van der Waals surface area contributed by atoms with E-state index in [2.05, 4.69) is 0 Å². The van der Waals surface area contributed by atoms with Crippen molar-refractivity contribution in [3.63, 3.8) is 0 Å². The summed E-state index contributed by atoms with van der Waals surface area (Å²) in [4.78, 5) is 0. The Morgan fingerprint density at radius 1 is 1.00 bits per heavy atom. The standard InChI is InChI=1S/C15H16FNO2/c1-18-13-2-4-14(5-3-13)19-15-9-11(6-7-17)8-12(16)10-15/h2-5,8-10H,6-7,17H2,1H3. The van der Waals surface area contributed by atoms with Crippen molar-refractivity contribution in [3.8, 4) is 17.2 Å². The van der Waals surface area contributed by atoms with Crippen molar-refractivity contribution in [1.82, 2.24) is 0 Å². The van der Waals surface area contributed by atoms with E-state index in [4.69, 9.17) is 15.2 Å². The lowest BCUT2D eigenvalue weighted by Gasteiger charge is -2.08. The molecule has 0 amide bonds. The highest BCUT2D eigenvalue weighted by Gasteiger charge is 2.03. The van der Waals surface area contributed by atoms with Crippen LogP contribution < -0.4 is 15.2 Å². The second-order valence-corrected chi connectivity index (χ2v) is 4.11. The molecule has 0 heterocycles. The van der Waals surface area contributed by atoms with Crippen molar-refractivity contribution in [2.45, 2.75) is 6.42 Å². The van der Waals surface area contributed by atoms with Crippen molar-refractivity contribution in [2.75, 3.05) is 13.7 Å². The van der Waals surface area contributed by atoms with E-state index in [1.54, 1.807) is 37.4 Å². The molecule has 0 atom stereocenters. The highest BCUT2D eigenvalue weighted by molar-refractivity contribution is 5.37. The first-order valence-corrected chi connectivity index (χ1v) is 6.02. The van der Waals surface area contributed by atoms with E-state index in [-0.39, 0.29) is 5.82 Å². The molecule has 19 heavy (non-hydrogen) atoms. The first-order chi connectivity index (χ1) is 9.21. The second kappa shape index (κ2) is 6.20. The summed E-state index contributed by atoms with van der Waals surface area (Å²) < 4.78 is 24.1. The van der Waals surface area contributed by atoms with Crippen LogP contribution in [-0.4, -0.2) is 13.7 Å². The Kier molecular flexibility index (Phi) is 4.36. The van der Waals surface area contributed by atoms with Crippen LogP contribution in [0.1, 0.15) is 5.56 Å². The Bertz CT molecular complexity index is 540. The largest absolute Gasteiger partial charge is 0.497 e. The van der Waals surface area contributed by atoms with Gasteiger partial charge < -0.3 is 15.2 Å². The molecule has 0 unspecified atom stereocenters. The monoisotopic (exact) mass is 261 g/mol. The van der Waals surface area contributed by atoms with Gasteiger partial charge >= 0.3 is 0 Å². The molecule has 2 rings (SSSR count). The van der Waals surface area contributed by atoms with Gasteiger partial charge in [-0.3, -0.25) is 0 Å². The van der Waals surface area contributed by atoms with Crippen LogP contribution in [0.3, 0.4) is 0 Å². The Hall–Kier alpha value is -2.07. The number of methoxy groups -OCH3 is 1. The molecule has 2 aromatic rings. The summed E-state index contributed by atoms with van der Waals surface area (Å²) in [6, 6.07) is 11.7. The highest BCUT2D eigenvalue weighted by atomic mass is 19.1. The maximum atomic E-state index is 13.4. The van der Waals surface area contributed by atoms with Crippen LogP contribution in [0.25, 0.3) is 0 Å². The molecular weight excluding hydrogens is 245 g/mol. The number of halogens is 1. The fourth-order valence-electron chi connectivity index (χ4n) is 1.77. The van der Waals surface area contributed by atoms with Gasteiger partial charge in [0.25, 0.3) is 0 Å². The molecule has 3 nitrogen and oxygen atoms in total. The topological polar surface area (TPSA) is 44.5 Å². The summed E-state index contributed by atoms with van der Waals surface area (Å²) in [5.74, 6) is 1.52. The minimum atomic E-state index is -0.325. The van der Waals surface area contributed by atoms with Gasteiger partial charge in [0.05, 0.1) is 7.11 Å². The van der Waals surface area contributed by atoms with Gasteiger partial charge in [0, 0.05) is 6.07 Å². The fraction of sp³-hybridized carbons (Fsp3) is 0.200. The third-order valence-corrected chi connectivity index (χ3v) is 2.66.